The summed E-state index contributed by atoms with van der Waals surface area (Å²) in [6.45, 7) is 2.19. The molecule has 0 radical (unpaired) electrons. The molecule has 0 aromatic heterocycles. The Kier molecular flexibility index (Phi) is 6.55. The monoisotopic (exact) mass is 357 g/mol. The molecule has 26 heavy (non-hydrogen) atoms. The summed E-state index contributed by atoms with van der Waals surface area (Å²) >= 11 is 0. The van der Waals surface area contributed by atoms with Crippen molar-refractivity contribution in [3.63, 3.8) is 0 Å². The first-order chi connectivity index (χ1) is 12.5. The van der Waals surface area contributed by atoms with Gasteiger partial charge in [0, 0.05) is 11.8 Å². The second kappa shape index (κ2) is 9.07. The lowest BCUT2D eigenvalue weighted by atomic mass is 10.2. The van der Waals surface area contributed by atoms with Gasteiger partial charge in [-0.1, -0.05) is 6.07 Å². The molecule has 0 fully saturated rings. The van der Waals surface area contributed by atoms with E-state index in [0.717, 1.165) is 0 Å². The molecule has 0 unspecified atom stereocenters. The van der Waals surface area contributed by atoms with Crippen molar-refractivity contribution in [3.8, 4) is 17.2 Å². The summed E-state index contributed by atoms with van der Waals surface area (Å²) in [4.78, 5) is 23.6. The first-order valence-electron chi connectivity index (χ1n) is 7.77. The average molecular weight is 357 g/mol. The zero-order valence-corrected chi connectivity index (χ0v) is 14.4. The van der Waals surface area contributed by atoms with Crippen molar-refractivity contribution in [2.24, 2.45) is 5.10 Å². The Morgan fingerprint density at radius 3 is 2.73 bits per heavy atom. The largest absolute Gasteiger partial charge is 0.504 e. The minimum absolute atomic E-state index is 0.00528. The summed E-state index contributed by atoms with van der Waals surface area (Å²) in [5.41, 5.74) is 3.14. The van der Waals surface area contributed by atoms with E-state index in [4.69, 9.17) is 9.47 Å². The normalized spacial score (nSPS) is 10.4. The van der Waals surface area contributed by atoms with Crippen molar-refractivity contribution < 1.29 is 24.2 Å². The molecule has 0 spiro atoms. The Morgan fingerprint density at radius 2 is 2.00 bits per heavy atom. The summed E-state index contributed by atoms with van der Waals surface area (Å²) in [6, 6.07) is 11.2. The number of hydrazone groups is 1. The highest BCUT2D eigenvalue weighted by atomic mass is 16.5. The Balaban J connectivity index is 1.93. The summed E-state index contributed by atoms with van der Waals surface area (Å²) in [6.07, 6.45) is 1.33. The molecule has 3 N–H and O–H groups in total. The zero-order chi connectivity index (χ0) is 18.9. The number of ether oxygens (including phenoxy) is 2. The molecule has 0 bridgehead atoms. The molecule has 0 aliphatic rings. The highest BCUT2D eigenvalue weighted by Gasteiger charge is 2.13. The van der Waals surface area contributed by atoms with Crippen LogP contribution in [-0.2, 0) is 9.59 Å². The molecule has 0 aliphatic carbocycles. The topological polar surface area (TPSA) is 109 Å². The van der Waals surface area contributed by atoms with Crippen LogP contribution in [0.25, 0.3) is 0 Å². The van der Waals surface area contributed by atoms with Crippen LogP contribution in [0.4, 0.5) is 5.69 Å². The van der Waals surface area contributed by atoms with Crippen LogP contribution in [0.1, 0.15) is 12.5 Å². The van der Waals surface area contributed by atoms with Crippen molar-refractivity contribution >= 4 is 23.7 Å². The Bertz CT molecular complexity index is 820. The first kappa shape index (κ1) is 18.8. The first-order valence-corrected chi connectivity index (χ1v) is 7.77. The number of nitrogens with one attached hydrogen (secondary N) is 2. The van der Waals surface area contributed by atoms with Gasteiger partial charge in [0.05, 0.1) is 19.9 Å². The van der Waals surface area contributed by atoms with Gasteiger partial charge in [0.1, 0.15) is 5.75 Å². The van der Waals surface area contributed by atoms with Gasteiger partial charge in [-0.2, -0.15) is 5.10 Å². The molecular formula is C18H19N3O5. The molecule has 0 aliphatic heterocycles. The number of carbonyl (C=O) groups excluding carboxylic acids is 2. The number of rotatable bonds is 6. The molecule has 2 rings (SSSR count). The minimum atomic E-state index is -0.923. The zero-order valence-electron chi connectivity index (χ0n) is 14.4. The van der Waals surface area contributed by atoms with E-state index in [2.05, 4.69) is 15.8 Å². The minimum Gasteiger partial charge on any atom is -0.504 e. The van der Waals surface area contributed by atoms with Gasteiger partial charge in [-0.3, -0.25) is 9.59 Å². The van der Waals surface area contributed by atoms with Crippen LogP contribution < -0.4 is 20.2 Å². The molecular weight excluding hydrogens is 338 g/mol. The molecule has 2 aromatic rings. The number of phenols is 1. The van der Waals surface area contributed by atoms with Crippen LogP contribution in [-0.4, -0.2) is 36.9 Å². The third kappa shape index (κ3) is 5.23. The van der Waals surface area contributed by atoms with Crippen molar-refractivity contribution in [1.29, 1.82) is 0 Å². The van der Waals surface area contributed by atoms with E-state index in [-0.39, 0.29) is 5.75 Å². The molecule has 0 atom stereocenters. The number of benzene rings is 2. The number of carbonyl (C=O) groups is 2. The van der Waals surface area contributed by atoms with E-state index < -0.39 is 11.8 Å². The summed E-state index contributed by atoms with van der Waals surface area (Å²) in [5, 5.41) is 15.8. The second-order valence-electron chi connectivity index (χ2n) is 5.05. The van der Waals surface area contributed by atoms with Gasteiger partial charge in [0.25, 0.3) is 0 Å². The maximum Gasteiger partial charge on any atom is 0.329 e. The van der Waals surface area contributed by atoms with E-state index in [0.29, 0.717) is 29.4 Å². The van der Waals surface area contributed by atoms with E-state index in [1.807, 2.05) is 0 Å². The Labute approximate surface area is 150 Å². The molecule has 8 nitrogen and oxygen atoms in total. The standard InChI is InChI=1S/C18H19N3O5/c1-3-26-16-9-12(7-8-15(16)22)11-19-21-18(24)17(23)20-13-5-4-6-14(10-13)25-2/h4-11,22H,3H2,1-2H3,(H,20,23)(H,21,24)/b19-11-. The highest BCUT2D eigenvalue weighted by Crippen LogP contribution is 2.26. The highest BCUT2D eigenvalue weighted by molar-refractivity contribution is 6.39. The number of hydrogen-bond donors (Lipinski definition) is 3. The van der Waals surface area contributed by atoms with Crippen LogP contribution >= 0.6 is 0 Å². The number of aromatic hydroxyl groups is 1. The Hall–Kier alpha value is -3.55. The third-order valence-electron chi connectivity index (χ3n) is 3.20. The SMILES string of the molecule is CCOc1cc(/C=N\NC(=O)C(=O)Nc2cccc(OC)c2)ccc1O. The van der Waals surface area contributed by atoms with Crippen LogP contribution in [0.2, 0.25) is 0 Å². The summed E-state index contributed by atoms with van der Waals surface area (Å²) < 4.78 is 10.3. The van der Waals surface area contributed by atoms with Crippen LogP contribution in [0.15, 0.2) is 47.6 Å². The van der Waals surface area contributed by atoms with Gasteiger partial charge < -0.3 is 19.9 Å². The summed E-state index contributed by atoms with van der Waals surface area (Å²) in [5.74, 6) is -0.924. The van der Waals surface area contributed by atoms with Gasteiger partial charge in [-0.25, -0.2) is 5.43 Å². The molecule has 2 aromatic carbocycles. The molecule has 0 saturated carbocycles. The lowest BCUT2D eigenvalue weighted by Gasteiger charge is -2.06. The number of nitrogens with zero attached hydrogens (tertiary/aromatic N) is 1. The number of phenolic OH excluding ortho intramolecular Hbond substituents is 1. The lowest BCUT2D eigenvalue weighted by Crippen LogP contribution is -2.32. The summed E-state index contributed by atoms with van der Waals surface area (Å²) in [7, 11) is 1.50. The van der Waals surface area contributed by atoms with Gasteiger partial charge in [0.2, 0.25) is 0 Å². The van der Waals surface area contributed by atoms with Gasteiger partial charge in [0.15, 0.2) is 11.5 Å². The number of amides is 2. The van der Waals surface area contributed by atoms with Gasteiger partial charge >= 0.3 is 11.8 Å². The van der Waals surface area contributed by atoms with E-state index in [1.165, 1.54) is 19.4 Å². The van der Waals surface area contributed by atoms with Gasteiger partial charge in [-0.15, -0.1) is 0 Å². The van der Waals surface area contributed by atoms with Crippen LogP contribution in [0.3, 0.4) is 0 Å². The maximum atomic E-state index is 11.8. The predicted octanol–water partition coefficient (Wildman–Crippen LogP) is 1.89. The fourth-order valence-electron chi connectivity index (χ4n) is 1.99. The van der Waals surface area contributed by atoms with Crippen molar-refractivity contribution in [1.82, 2.24) is 5.43 Å². The van der Waals surface area contributed by atoms with Crippen LogP contribution in [0, 0.1) is 0 Å². The van der Waals surface area contributed by atoms with E-state index >= 15 is 0 Å². The number of anilines is 1. The molecule has 8 heteroatoms. The molecule has 2 amide bonds. The number of methoxy groups -OCH3 is 1. The van der Waals surface area contributed by atoms with Crippen LogP contribution in [0.5, 0.6) is 17.2 Å². The van der Waals surface area contributed by atoms with Crippen molar-refractivity contribution in [3.05, 3.63) is 48.0 Å². The smallest absolute Gasteiger partial charge is 0.329 e. The van der Waals surface area contributed by atoms with Gasteiger partial charge in [-0.05, 0) is 42.8 Å². The van der Waals surface area contributed by atoms with Crippen molar-refractivity contribution in [2.75, 3.05) is 19.0 Å². The third-order valence-corrected chi connectivity index (χ3v) is 3.20. The second-order valence-corrected chi connectivity index (χ2v) is 5.05. The maximum absolute atomic E-state index is 11.8. The molecule has 136 valence electrons. The quantitative estimate of drug-likeness (QED) is 0.415. The average Bonchev–Trinajstić information content (AvgIpc) is 2.64. The Morgan fingerprint density at radius 1 is 1.19 bits per heavy atom. The predicted molar refractivity (Wildman–Crippen MR) is 96.6 cm³/mol. The van der Waals surface area contributed by atoms with E-state index in [1.54, 1.807) is 43.3 Å². The molecule has 0 heterocycles. The van der Waals surface area contributed by atoms with E-state index in [9.17, 15) is 14.7 Å². The lowest BCUT2D eigenvalue weighted by molar-refractivity contribution is -0.136. The number of hydrogen-bond acceptors (Lipinski definition) is 6. The fraction of sp³-hybridized carbons (Fsp3) is 0.167. The fourth-order valence-corrected chi connectivity index (χ4v) is 1.99. The van der Waals surface area contributed by atoms with Crippen molar-refractivity contribution in [2.45, 2.75) is 6.92 Å². The molecule has 0 saturated heterocycles.